The van der Waals surface area contributed by atoms with Gasteiger partial charge in [0.05, 0.1) is 37.1 Å². The second-order valence-corrected chi connectivity index (χ2v) is 9.86. The maximum absolute atomic E-state index is 13.3. The van der Waals surface area contributed by atoms with Gasteiger partial charge >= 0.3 is 0 Å². The van der Waals surface area contributed by atoms with Crippen LogP contribution in [-0.4, -0.2) is 61.0 Å². The van der Waals surface area contributed by atoms with Gasteiger partial charge in [-0.25, -0.2) is 0 Å². The van der Waals surface area contributed by atoms with Gasteiger partial charge in [-0.15, -0.1) is 0 Å². The van der Waals surface area contributed by atoms with Crippen LogP contribution >= 0.6 is 0 Å². The molecule has 1 spiro atoms. The van der Waals surface area contributed by atoms with Crippen molar-refractivity contribution < 1.29 is 23.7 Å². The molecule has 3 aliphatic rings. The minimum Gasteiger partial charge on any atom is -0.493 e. The summed E-state index contributed by atoms with van der Waals surface area (Å²) >= 11 is 0. The molecule has 1 aromatic rings. The molecule has 0 saturated carbocycles. The lowest BCUT2D eigenvalue weighted by molar-refractivity contribution is -0.200. The molecule has 1 aromatic carbocycles. The molecule has 3 unspecified atom stereocenters. The second kappa shape index (κ2) is 9.90. The molecule has 6 heteroatoms. The van der Waals surface area contributed by atoms with Crippen LogP contribution in [0.25, 0.3) is 0 Å². The van der Waals surface area contributed by atoms with Gasteiger partial charge in [-0.1, -0.05) is 24.3 Å². The Morgan fingerprint density at radius 1 is 1.06 bits per heavy atom. The first-order chi connectivity index (χ1) is 15.8. The predicted molar refractivity (Wildman–Crippen MR) is 128 cm³/mol. The average molecular weight is 456 g/mol. The molecule has 1 aliphatic carbocycles. The summed E-state index contributed by atoms with van der Waals surface area (Å²) in [4.78, 5) is 15.2. The Morgan fingerprint density at radius 3 is 2.45 bits per heavy atom. The van der Waals surface area contributed by atoms with E-state index in [1.54, 1.807) is 13.2 Å². The van der Waals surface area contributed by atoms with E-state index in [-0.39, 0.29) is 41.8 Å². The third kappa shape index (κ3) is 5.28. The lowest BCUT2D eigenvalue weighted by atomic mass is 9.76. The lowest BCUT2D eigenvalue weighted by Gasteiger charge is -2.51. The number of amides is 1. The first-order valence-electron chi connectivity index (χ1n) is 12.1. The molecule has 6 nitrogen and oxygen atoms in total. The van der Waals surface area contributed by atoms with Crippen molar-refractivity contribution in [3.05, 3.63) is 48.1 Å². The number of ether oxygens (including phenoxy) is 4. The fourth-order valence-corrected chi connectivity index (χ4v) is 5.16. The van der Waals surface area contributed by atoms with Gasteiger partial charge in [0.2, 0.25) is 0 Å². The molecule has 2 fully saturated rings. The zero-order chi connectivity index (χ0) is 23.6. The fourth-order valence-electron chi connectivity index (χ4n) is 5.16. The van der Waals surface area contributed by atoms with Crippen LogP contribution in [0.5, 0.6) is 11.5 Å². The van der Waals surface area contributed by atoms with Gasteiger partial charge in [0, 0.05) is 31.0 Å². The van der Waals surface area contributed by atoms with Gasteiger partial charge in [-0.2, -0.15) is 0 Å². The molecule has 1 amide bonds. The van der Waals surface area contributed by atoms with Gasteiger partial charge in [0.25, 0.3) is 5.91 Å². The molecule has 0 N–H and O–H groups in total. The van der Waals surface area contributed by atoms with Crippen LogP contribution in [0, 0.1) is 5.92 Å². The normalized spacial score (nSPS) is 26.0. The number of hydrogen-bond acceptors (Lipinski definition) is 5. The third-order valence-electron chi connectivity index (χ3n) is 6.70. The topological polar surface area (TPSA) is 57.2 Å². The molecule has 2 aliphatic heterocycles. The molecule has 33 heavy (non-hydrogen) atoms. The van der Waals surface area contributed by atoms with Crippen LogP contribution < -0.4 is 9.47 Å². The number of nitrogens with zero attached hydrogens (tertiary/aromatic N) is 1. The number of hydrogen-bond donors (Lipinski definition) is 0. The van der Waals surface area contributed by atoms with Crippen LogP contribution in [0.4, 0.5) is 0 Å². The first kappa shape index (κ1) is 23.8. The van der Waals surface area contributed by atoms with Crippen LogP contribution in [0.2, 0.25) is 0 Å². The summed E-state index contributed by atoms with van der Waals surface area (Å²) in [6.45, 7) is 9.44. The zero-order valence-corrected chi connectivity index (χ0v) is 20.5. The largest absolute Gasteiger partial charge is 0.493 e. The van der Waals surface area contributed by atoms with E-state index in [4.69, 9.17) is 18.9 Å². The van der Waals surface area contributed by atoms with Gasteiger partial charge in [0.15, 0.2) is 11.5 Å². The van der Waals surface area contributed by atoms with E-state index < -0.39 is 0 Å². The Bertz CT molecular complexity index is 898. The van der Waals surface area contributed by atoms with E-state index in [1.807, 2.05) is 30.9 Å². The van der Waals surface area contributed by atoms with Crippen LogP contribution in [0.15, 0.2) is 42.5 Å². The summed E-state index contributed by atoms with van der Waals surface area (Å²) in [5, 5.41) is 0. The summed E-state index contributed by atoms with van der Waals surface area (Å²) in [6, 6.07) is 5.41. The van der Waals surface area contributed by atoms with E-state index in [9.17, 15) is 4.79 Å². The van der Waals surface area contributed by atoms with Crippen molar-refractivity contribution in [2.45, 2.75) is 77.0 Å². The van der Waals surface area contributed by atoms with Crippen LogP contribution in [0.3, 0.4) is 0 Å². The Balaban J connectivity index is 1.44. The van der Waals surface area contributed by atoms with E-state index in [2.05, 4.69) is 38.2 Å². The highest BCUT2D eigenvalue weighted by Crippen LogP contribution is 2.43. The summed E-state index contributed by atoms with van der Waals surface area (Å²) in [7, 11) is 1.60. The first-order valence-corrected chi connectivity index (χ1v) is 12.1. The van der Waals surface area contributed by atoms with Crippen molar-refractivity contribution in [1.29, 1.82) is 0 Å². The number of allylic oxidation sites excluding steroid dienone is 2. The quantitative estimate of drug-likeness (QED) is 0.618. The van der Waals surface area contributed by atoms with Crippen molar-refractivity contribution in [1.82, 2.24) is 4.90 Å². The average Bonchev–Trinajstić information content (AvgIpc) is 2.78. The number of methoxy groups -OCH3 is 1. The zero-order valence-electron chi connectivity index (χ0n) is 20.5. The van der Waals surface area contributed by atoms with E-state index in [1.165, 1.54) is 0 Å². The van der Waals surface area contributed by atoms with Crippen molar-refractivity contribution >= 4 is 5.91 Å². The van der Waals surface area contributed by atoms with Crippen molar-refractivity contribution in [3.63, 3.8) is 0 Å². The molecule has 0 radical (unpaired) electrons. The summed E-state index contributed by atoms with van der Waals surface area (Å²) in [6.07, 6.45) is 11.4. The monoisotopic (exact) mass is 455 g/mol. The molecule has 180 valence electrons. The number of carbonyl (C=O) groups is 1. The van der Waals surface area contributed by atoms with E-state index in [0.29, 0.717) is 30.2 Å². The molecule has 2 heterocycles. The third-order valence-corrected chi connectivity index (χ3v) is 6.70. The number of fused-ring (bicyclic) bond motifs is 1. The minimum absolute atomic E-state index is 0.0170. The maximum Gasteiger partial charge on any atom is 0.253 e. The Morgan fingerprint density at radius 2 is 1.79 bits per heavy atom. The van der Waals surface area contributed by atoms with Crippen molar-refractivity contribution in [2.24, 2.45) is 5.92 Å². The van der Waals surface area contributed by atoms with Crippen LogP contribution in [0.1, 0.15) is 57.3 Å². The summed E-state index contributed by atoms with van der Waals surface area (Å²) in [5.74, 6) is 1.50. The molecule has 2 saturated heterocycles. The van der Waals surface area contributed by atoms with Gasteiger partial charge in [-0.3, -0.25) is 4.79 Å². The lowest BCUT2D eigenvalue weighted by Crippen LogP contribution is -2.57. The molecular formula is C27H37NO5. The van der Waals surface area contributed by atoms with Gasteiger partial charge in [0.1, 0.15) is 0 Å². The van der Waals surface area contributed by atoms with Gasteiger partial charge in [-0.05, 0) is 58.7 Å². The fraction of sp³-hybridized carbons (Fsp3) is 0.593. The summed E-state index contributed by atoms with van der Waals surface area (Å²) in [5.41, 5.74) is 0.365. The Hall–Kier alpha value is -2.31. The SMILES string of the molecule is COc1cc(C(=O)N2CCC3(CC2)CC(OC(C)C)C2C=CC=CC2O3)ccc1OC(C)C. The number of rotatable bonds is 6. The van der Waals surface area contributed by atoms with Crippen molar-refractivity contribution in [3.8, 4) is 11.5 Å². The van der Waals surface area contributed by atoms with Crippen molar-refractivity contribution in [2.75, 3.05) is 20.2 Å². The Labute approximate surface area is 197 Å². The van der Waals surface area contributed by atoms with E-state index in [0.717, 1.165) is 19.3 Å². The molecule has 4 rings (SSSR count). The molecule has 0 aromatic heterocycles. The number of likely N-dealkylation sites (tertiary alicyclic amines) is 1. The number of piperidine rings is 1. The highest BCUT2D eigenvalue weighted by Gasteiger charge is 2.48. The van der Waals surface area contributed by atoms with E-state index >= 15 is 0 Å². The highest BCUT2D eigenvalue weighted by molar-refractivity contribution is 5.95. The molecular weight excluding hydrogens is 418 g/mol. The molecule has 3 atom stereocenters. The second-order valence-electron chi connectivity index (χ2n) is 9.86. The maximum atomic E-state index is 13.3. The number of carbonyl (C=O) groups excluding carboxylic acids is 1. The minimum atomic E-state index is -0.250. The smallest absolute Gasteiger partial charge is 0.253 e. The predicted octanol–water partition coefficient (Wildman–Crippen LogP) is 4.78. The van der Waals surface area contributed by atoms with Crippen LogP contribution in [-0.2, 0) is 9.47 Å². The Kier molecular flexibility index (Phi) is 7.15. The summed E-state index contributed by atoms with van der Waals surface area (Å²) < 4.78 is 24.2. The number of benzene rings is 1. The standard InChI is InChI=1S/C27H37NO5/c1-18(2)31-23-11-10-20(16-24(23)30-5)26(29)28-14-12-27(13-15-28)17-25(32-19(3)4)21-8-6-7-9-22(21)33-27/h6-11,16,18-19,21-22,25H,12-15,17H2,1-5H3. The molecule has 0 bridgehead atoms. The van der Waals surface area contributed by atoms with Gasteiger partial charge < -0.3 is 23.8 Å². The highest BCUT2D eigenvalue weighted by atomic mass is 16.5.